The number of hydrogen-bond acceptors (Lipinski definition) is 1. The molecule has 280 valence electrons. The van der Waals surface area contributed by atoms with Gasteiger partial charge in [-0.2, -0.15) is 0 Å². The van der Waals surface area contributed by atoms with Crippen LogP contribution in [-0.4, -0.2) is 0 Å². The summed E-state index contributed by atoms with van der Waals surface area (Å²) in [4.78, 5) is 2.48. The van der Waals surface area contributed by atoms with Crippen LogP contribution in [0.1, 0.15) is 74.9 Å². The van der Waals surface area contributed by atoms with E-state index in [1.165, 1.54) is 89.0 Å². The first-order chi connectivity index (χ1) is 28.0. The highest BCUT2D eigenvalue weighted by atomic mass is 15.1. The highest BCUT2D eigenvalue weighted by Crippen LogP contribution is 2.55. The first-order valence-electron chi connectivity index (χ1n) is 20.8. The lowest BCUT2D eigenvalue weighted by atomic mass is 9.82. The second-order valence-electron chi connectivity index (χ2n) is 18.1. The molecule has 0 atom stereocenters. The van der Waals surface area contributed by atoms with E-state index in [1.807, 2.05) is 0 Å². The standard InChI is InChI=1S/C57H47N/c1-55(2)48-27-11-8-22-45(48)53-41(24-15-29-50(53)55)36-17-13-19-38(33-36)58(40-31-32-44-43-21-7-10-26-47(43)57(5,6)52(44)35-40)39-20-14-18-37(34-39)42-25-16-30-51-54(42)46-23-9-12-28-49(46)56(51,3)4/h7-35H,1-6H3. The molecule has 0 saturated heterocycles. The zero-order valence-corrected chi connectivity index (χ0v) is 34.2. The minimum absolute atomic E-state index is 0.0613. The van der Waals surface area contributed by atoms with Crippen LogP contribution in [0.15, 0.2) is 176 Å². The molecule has 1 nitrogen and oxygen atoms in total. The van der Waals surface area contributed by atoms with Gasteiger partial charge in [0.1, 0.15) is 0 Å². The molecule has 0 heterocycles. The monoisotopic (exact) mass is 745 g/mol. The summed E-state index contributed by atoms with van der Waals surface area (Å²) >= 11 is 0. The van der Waals surface area contributed by atoms with Gasteiger partial charge in [-0.15, -0.1) is 0 Å². The van der Waals surface area contributed by atoms with E-state index in [2.05, 4.69) is 222 Å². The fourth-order valence-corrected chi connectivity index (χ4v) is 10.9. The summed E-state index contributed by atoms with van der Waals surface area (Å²) in [5, 5.41) is 0. The Balaban J connectivity index is 1.11. The van der Waals surface area contributed by atoms with E-state index in [1.54, 1.807) is 0 Å². The lowest BCUT2D eigenvalue weighted by Gasteiger charge is -2.29. The second-order valence-corrected chi connectivity index (χ2v) is 18.1. The van der Waals surface area contributed by atoms with E-state index in [-0.39, 0.29) is 16.2 Å². The minimum atomic E-state index is -0.118. The first-order valence-corrected chi connectivity index (χ1v) is 20.8. The predicted octanol–water partition coefficient (Wildman–Crippen LogP) is 15.4. The summed E-state index contributed by atoms with van der Waals surface area (Å²) in [7, 11) is 0. The van der Waals surface area contributed by atoms with Gasteiger partial charge in [-0.1, -0.05) is 181 Å². The molecule has 3 aliphatic carbocycles. The Morgan fingerprint density at radius 1 is 0.276 bits per heavy atom. The summed E-state index contributed by atoms with van der Waals surface area (Å²) in [5.41, 5.74) is 24.6. The van der Waals surface area contributed by atoms with E-state index >= 15 is 0 Å². The van der Waals surface area contributed by atoms with Gasteiger partial charge in [-0.3, -0.25) is 0 Å². The molecule has 0 aliphatic heterocycles. The van der Waals surface area contributed by atoms with Crippen molar-refractivity contribution in [2.45, 2.75) is 57.8 Å². The van der Waals surface area contributed by atoms with Crippen molar-refractivity contribution in [2.24, 2.45) is 0 Å². The van der Waals surface area contributed by atoms with Gasteiger partial charge < -0.3 is 4.90 Å². The summed E-state index contributed by atoms with van der Waals surface area (Å²) < 4.78 is 0. The van der Waals surface area contributed by atoms with Gasteiger partial charge in [0.2, 0.25) is 0 Å². The lowest BCUT2D eigenvalue weighted by Crippen LogP contribution is -2.16. The minimum Gasteiger partial charge on any atom is -0.310 e. The van der Waals surface area contributed by atoms with Crippen molar-refractivity contribution < 1.29 is 0 Å². The molecule has 0 saturated carbocycles. The van der Waals surface area contributed by atoms with Crippen molar-refractivity contribution in [3.63, 3.8) is 0 Å². The summed E-state index contributed by atoms with van der Waals surface area (Å²) in [6.07, 6.45) is 0. The maximum Gasteiger partial charge on any atom is 0.0467 e. The van der Waals surface area contributed by atoms with Crippen molar-refractivity contribution >= 4 is 17.1 Å². The van der Waals surface area contributed by atoms with Gasteiger partial charge in [0.25, 0.3) is 0 Å². The van der Waals surface area contributed by atoms with Crippen LogP contribution < -0.4 is 4.90 Å². The molecule has 0 fully saturated rings. The van der Waals surface area contributed by atoms with Gasteiger partial charge in [-0.25, -0.2) is 0 Å². The SMILES string of the molecule is CC1(C)c2ccccc2-c2ccc(N(c3cccc(-c4cccc5c4-c4ccccc4C5(C)C)c3)c3cccc(-c4cccc5c4-c4ccccc4C5(C)C)c3)cc21. The molecule has 11 rings (SSSR count). The number of anilines is 3. The van der Waals surface area contributed by atoms with Crippen molar-refractivity contribution in [1.29, 1.82) is 0 Å². The average Bonchev–Trinajstić information content (AvgIpc) is 3.74. The first kappa shape index (κ1) is 34.8. The molecule has 0 unspecified atom stereocenters. The van der Waals surface area contributed by atoms with Crippen LogP contribution >= 0.6 is 0 Å². The maximum atomic E-state index is 2.48. The van der Waals surface area contributed by atoms with Crippen LogP contribution in [0.4, 0.5) is 17.1 Å². The van der Waals surface area contributed by atoms with Crippen molar-refractivity contribution in [2.75, 3.05) is 4.90 Å². The molecular weight excluding hydrogens is 699 g/mol. The van der Waals surface area contributed by atoms with Crippen LogP contribution in [0, 0.1) is 0 Å². The van der Waals surface area contributed by atoms with E-state index in [0.29, 0.717) is 0 Å². The summed E-state index contributed by atoms with van der Waals surface area (Å²) in [5.74, 6) is 0. The Labute approximate surface area is 343 Å². The highest BCUT2D eigenvalue weighted by molar-refractivity contribution is 5.96. The molecule has 58 heavy (non-hydrogen) atoms. The van der Waals surface area contributed by atoms with E-state index in [4.69, 9.17) is 0 Å². The van der Waals surface area contributed by atoms with E-state index in [9.17, 15) is 0 Å². The second kappa shape index (κ2) is 12.3. The zero-order valence-electron chi connectivity index (χ0n) is 34.2. The Hall–Kier alpha value is -6.44. The molecule has 0 amide bonds. The lowest BCUT2D eigenvalue weighted by molar-refractivity contribution is 0.660. The van der Waals surface area contributed by atoms with Crippen LogP contribution in [0.3, 0.4) is 0 Å². The zero-order chi connectivity index (χ0) is 39.6. The van der Waals surface area contributed by atoms with Crippen LogP contribution in [0.5, 0.6) is 0 Å². The van der Waals surface area contributed by atoms with Gasteiger partial charge in [-0.05, 0) is 125 Å². The van der Waals surface area contributed by atoms with Crippen molar-refractivity contribution in [3.8, 4) is 55.6 Å². The fraction of sp³-hybridized carbons (Fsp3) is 0.158. The van der Waals surface area contributed by atoms with E-state index < -0.39 is 0 Å². The predicted molar refractivity (Wildman–Crippen MR) is 245 cm³/mol. The van der Waals surface area contributed by atoms with Gasteiger partial charge in [0.05, 0.1) is 0 Å². The number of fused-ring (bicyclic) bond motifs is 9. The number of rotatable bonds is 5. The molecule has 0 aromatic heterocycles. The molecular formula is C57H47N. The fourth-order valence-electron chi connectivity index (χ4n) is 10.9. The molecule has 3 aliphatic rings. The molecule has 1 heteroatoms. The summed E-state index contributed by atoms with van der Waals surface area (Å²) in [6, 6.07) is 66.2. The molecule has 0 bridgehead atoms. The number of hydrogen-bond donors (Lipinski definition) is 0. The third-order valence-electron chi connectivity index (χ3n) is 13.9. The third-order valence-corrected chi connectivity index (χ3v) is 13.9. The van der Waals surface area contributed by atoms with Crippen LogP contribution in [-0.2, 0) is 16.2 Å². The quantitative estimate of drug-likeness (QED) is 0.170. The van der Waals surface area contributed by atoms with Gasteiger partial charge in [0, 0.05) is 33.3 Å². The Bertz CT molecular complexity index is 2840. The normalized spacial score (nSPS) is 15.5. The highest BCUT2D eigenvalue weighted by Gasteiger charge is 2.39. The van der Waals surface area contributed by atoms with E-state index in [0.717, 1.165) is 17.1 Å². The third kappa shape index (κ3) is 4.83. The van der Waals surface area contributed by atoms with Crippen molar-refractivity contribution in [3.05, 3.63) is 209 Å². The topological polar surface area (TPSA) is 3.24 Å². The van der Waals surface area contributed by atoms with Crippen LogP contribution in [0.2, 0.25) is 0 Å². The molecule has 0 N–H and O–H groups in total. The Kier molecular flexibility index (Phi) is 7.36. The molecule has 8 aromatic carbocycles. The van der Waals surface area contributed by atoms with Gasteiger partial charge >= 0.3 is 0 Å². The average molecular weight is 746 g/mol. The van der Waals surface area contributed by atoms with Gasteiger partial charge in [0.15, 0.2) is 0 Å². The Morgan fingerprint density at radius 2 is 0.638 bits per heavy atom. The van der Waals surface area contributed by atoms with Crippen molar-refractivity contribution in [1.82, 2.24) is 0 Å². The number of nitrogens with zero attached hydrogens (tertiary/aromatic N) is 1. The smallest absolute Gasteiger partial charge is 0.0467 e. The molecule has 0 spiro atoms. The number of benzene rings is 8. The summed E-state index contributed by atoms with van der Waals surface area (Å²) in [6.45, 7) is 14.2. The maximum absolute atomic E-state index is 2.48. The largest absolute Gasteiger partial charge is 0.310 e. The van der Waals surface area contributed by atoms with Crippen LogP contribution in [0.25, 0.3) is 55.6 Å². The molecule has 0 radical (unpaired) electrons. The Morgan fingerprint density at radius 3 is 1.16 bits per heavy atom. The molecule has 8 aromatic rings.